The summed E-state index contributed by atoms with van der Waals surface area (Å²) in [6.45, 7) is 10.8. The van der Waals surface area contributed by atoms with E-state index in [2.05, 4.69) is 58.0 Å². The van der Waals surface area contributed by atoms with Crippen molar-refractivity contribution in [3.05, 3.63) is 65.2 Å². The van der Waals surface area contributed by atoms with Crippen LogP contribution in [0.1, 0.15) is 62.6 Å². The van der Waals surface area contributed by atoms with Gasteiger partial charge in [-0.05, 0) is 43.9 Å². The quantitative estimate of drug-likeness (QED) is 0.420. The zero-order valence-electron chi connectivity index (χ0n) is 18.1. The van der Waals surface area contributed by atoms with E-state index in [1.54, 1.807) is 0 Å². The van der Waals surface area contributed by atoms with E-state index in [9.17, 15) is 4.79 Å². The summed E-state index contributed by atoms with van der Waals surface area (Å²) in [7, 11) is 0. The van der Waals surface area contributed by atoms with Crippen LogP contribution in [0.15, 0.2) is 48.5 Å². The van der Waals surface area contributed by atoms with Crippen LogP contribution in [0.4, 0.5) is 10.5 Å². The standard InChI is InChI=1S/C25H36N2O/c1-5-7-12-18-27(24-16-15-21(3)19-22(24)4)25(28)26(17-8-6-2)20-23-13-10-9-11-14-23/h9-11,13-16,19H,5-8,12,17-18,20H2,1-4H3. The van der Waals surface area contributed by atoms with Gasteiger partial charge in [-0.25, -0.2) is 4.79 Å². The van der Waals surface area contributed by atoms with Crippen molar-refractivity contribution >= 4 is 11.7 Å². The number of hydrogen-bond donors (Lipinski definition) is 0. The predicted octanol–water partition coefficient (Wildman–Crippen LogP) is 6.72. The largest absolute Gasteiger partial charge is 0.324 e. The molecule has 0 radical (unpaired) electrons. The lowest BCUT2D eigenvalue weighted by Gasteiger charge is -2.32. The average Bonchev–Trinajstić information content (AvgIpc) is 2.69. The Labute approximate surface area is 171 Å². The Kier molecular flexibility index (Phi) is 9.06. The molecule has 0 aliphatic rings. The third-order valence-corrected chi connectivity index (χ3v) is 5.13. The Bertz CT molecular complexity index is 727. The highest BCUT2D eigenvalue weighted by Gasteiger charge is 2.23. The molecule has 0 saturated carbocycles. The molecular weight excluding hydrogens is 344 g/mol. The summed E-state index contributed by atoms with van der Waals surface area (Å²) in [6.07, 6.45) is 5.43. The molecule has 0 N–H and O–H groups in total. The molecule has 0 aliphatic heterocycles. The fourth-order valence-corrected chi connectivity index (χ4v) is 3.51. The number of anilines is 1. The zero-order chi connectivity index (χ0) is 20.4. The van der Waals surface area contributed by atoms with Crippen molar-refractivity contribution < 1.29 is 4.79 Å². The van der Waals surface area contributed by atoms with Gasteiger partial charge in [0.15, 0.2) is 0 Å². The summed E-state index contributed by atoms with van der Waals surface area (Å²) >= 11 is 0. The number of hydrogen-bond acceptors (Lipinski definition) is 1. The summed E-state index contributed by atoms with van der Waals surface area (Å²) in [5, 5.41) is 0. The van der Waals surface area contributed by atoms with Gasteiger partial charge in [0.1, 0.15) is 0 Å². The molecule has 0 aliphatic carbocycles. The number of urea groups is 1. The minimum atomic E-state index is 0.125. The number of rotatable bonds is 10. The molecule has 0 fully saturated rings. The van der Waals surface area contributed by atoms with Gasteiger partial charge in [-0.3, -0.25) is 4.90 Å². The van der Waals surface area contributed by atoms with Crippen LogP contribution in [0.25, 0.3) is 0 Å². The third-order valence-electron chi connectivity index (χ3n) is 5.13. The highest BCUT2D eigenvalue weighted by Crippen LogP contribution is 2.24. The Morgan fingerprint density at radius 2 is 1.57 bits per heavy atom. The molecule has 152 valence electrons. The molecule has 0 atom stereocenters. The Morgan fingerprint density at radius 3 is 2.21 bits per heavy atom. The van der Waals surface area contributed by atoms with Crippen molar-refractivity contribution in [3.8, 4) is 0 Å². The number of unbranched alkanes of at least 4 members (excludes halogenated alkanes) is 3. The van der Waals surface area contributed by atoms with Crippen molar-refractivity contribution in [3.63, 3.8) is 0 Å². The minimum Gasteiger partial charge on any atom is -0.320 e. The van der Waals surface area contributed by atoms with Crippen LogP contribution < -0.4 is 4.90 Å². The fraction of sp³-hybridized carbons (Fsp3) is 0.480. The van der Waals surface area contributed by atoms with Crippen LogP contribution in [0.2, 0.25) is 0 Å². The van der Waals surface area contributed by atoms with E-state index in [0.717, 1.165) is 50.9 Å². The molecule has 2 amide bonds. The topological polar surface area (TPSA) is 23.6 Å². The summed E-state index contributed by atoms with van der Waals surface area (Å²) in [6, 6.07) is 16.8. The first kappa shape index (κ1) is 22.0. The van der Waals surface area contributed by atoms with Crippen LogP contribution >= 0.6 is 0 Å². The van der Waals surface area contributed by atoms with E-state index in [1.807, 2.05) is 28.0 Å². The summed E-state index contributed by atoms with van der Waals surface area (Å²) in [4.78, 5) is 17.7. The second-order valence-electron chi connectivity index (χ2n) is 7.69. The monoisotopic (exact) mass is 380 g/mol. The molecule has 2 aromatic rings. The number of nitrogens with zero attached hydrogens (tertiary/aromatic N) is 2. The molecule has 0 spiro atoms. The lowest BCUT2D eigenvalue weighted by molar-refractivity contribution is 0.200. The van der Waals surface area contributed by atoms with Crippen molar-refractivity contribution in [2.75, 3.05) is 18.0 Å². The van der Waals surface area contributed by atoms with E-state index in [-0.39, 0.29) is 6.03 Å². The van der Waals surface area contributed by atoms with Gasteiger partial charge in [-0.2, -0.15) is 0 Å². The molecule has 3 nitrogen and oxygen atoms in total. The molecule has 2 aromatic carbocycles. The number of benzene rings is 2. The summed E-state index contributed by atoms with van der Waals surface area (Å²) < 4.78 is 0. The molecule has 2 rings (SSSR count). The van der Waals surface area contributed by atoms with Gasteiger partial charge in [0.25, 0.3) is 0 Å². The maximum Gasteiger partial charge on any atom is 0.324 e. The van der Waals surface area contributed by atoms with E-state index in [1.165, 1.54) is 16.7 Å². The van der Waals surface area contributed by atoms with Crippen LogP contribution in [-0.4, -0.2) is 24.0 Å². The normalized spacial score (nSPS) is 10.7. The van der Waals surface area contributed by atoms with Gasteiger partial charge < -0.3 is 4.90 Å². The number of aryl methyl sites for hydroxylation is 2. The molecule has 0 bridgehead atoms. The third kappa shape index (κ3) is 6.40. The van der Waals surface area contributed by atoms with Crippen LogP contribution in [0, 0.1) is 13.8 Å². The van der Waals surface area contributed by atoms with E-state index < -0.39 is 0 Å². The highest BCUT2D eigenvalue weighted by atomic mass is 16.2. The Balaban J connectivity index is 2.29. The SMILES string of the molecule is CCCCCN(C(=O)N(CCCC)Cc1ccccc1)c1ccc(C)cc1C. The van der Waals surface area contributed by atoms with E-state index in [4.69, 9.17) is 0 Å². The molecule has 28 heavy (non-hydrogen) atoms. The van der Waals surface area contributed by atoms with Gasteiger partial charge in [0, 0.05) is 25.3 Å². The zero-order valence-corrected chi connectivity index (χ0v) is 18.1. The average molecular weight is 381 g/mol. The molecule has 0 heterocycles. The van der Waals surface area contributed by atoms with Crippen LogP contribution in [-0.2, 0) is 6.54 Å². The van der Waals surface area contributed by atoms with Crippen molar-refractivity contribution in [1.29, 1.82) is 0 Å². The van der Waals surface area contributed by atoms with Gasteiger partial charge in [0.05, 0.1) is 0 Å². The Morgan fingerprint density at radius 1 is 0.857 bits per heavy atom. The van der Waals surface area contributed by atoms with Crippen molar-refractivity contribution in [2.45, 2.75) is 66.3 Å². The second kappa shape index (κ2) is 11.5. The molecule has 3 heteroatoms. The molecule has 0 saturated heterocycles. The van der Waals surface area contributed by atoms with E-state index >= 15 is 0 Å². The maximum absolute atomic E-state index is 13.6. The Hall–Kier alpha value is -2.29. The summed E-state index contributed by atoms with van der Waals surface area (Å²) in [5.74, 6) is 0. The fourth-order valence-electron chi connectivity index (χ4n) is 3.51. The maximum atomic E-state index is 13.6. The van der Waals surface area contributed by atoms with Crippen molar-refractivity contribution in [2.24, 2.45) is 0 Å². The van der Waals surface area contributed by atoms with Gasteiger partial charge in [-0.15, -0.1) is 0 Å². The summed E-state index contributed by atoms with van der Waals surface area (Å²) in [5.41, 5.74) is 4.62. The first-order valence-electron chi connectivity index (χ1n) is 10.7. The first-order valence-corrected chi connectivity index (χ1v) is 10.7. The number of carbonyl (C=O) groups excluding carboxylic acids is 1. The second-order valence-corrected chi connectivity index (χ2v) is 7.69. The smallest absolute Gasteiger partial charge is 0.320 e. The lowest BCUT2D eigenvalue weighted by atomic mass is 10.1. The number of amides is 2. The lowest BCUT2D eigenvalue weighted by Crippen LogP contribution is -2.44. The molecule has 0 unspecified atom stereocenters. The molecule has 0 aromatic heterocycles. The number of carbonyl (C=O) groups is 1. The van der Waals surface area contributed by atoms with Gasteiger partial charge >= 0.3 is 6.03 Å². The van der Waals surface area contributed by atoms with Gasteiger partial charge in [-0.1, -0.05) is 81.1 Å². The van der Waals surface area contributed by atoms with Crippen molar-refractivity contribution in [1.82, 2.24) is 4.90 Å². The van der Waals surface area contributed by atoms with Gasteiger partial charge in [0.2, 0.25) is 0 Å². The molecular formula is C25H36N2O. The highest BCUT2D eigenvalue weighted by molar-refractivity contribution is 5.92. The van der Waals surface area contributed by atoms with Crippen LogP contribution in [0.5, 0.6) is 0 Å². The predicted molar refractivity (Wildman–Crippen MR) is 120 cm³/mol. The van der Waals surface area contributed by atoms with Crippen LogP contribution in [0.3, 0.4) is 0 Å². The van der Waals surface area contributed by atoms with E-state index in [0.29, 0.717) is 6.54 Å². The minimum absolute atomic E-state index is 0.125. The first-order chi connectivity index (χ1) is 13.6.